The molecule has 1 fully saturated rings. The highest BCUT2D eigenvalue weighted by Gasteiger charge is 2.40. The minimum atomic E-state index is -0.714. The first kappa shape index (κ1) is 15.3. The van der Waals surface area contributed by atoms with Gasteiger partial charge >= 0.3 is 12.1 Å². The molecular weight excluding hydrogens is 252 g/mol. The number of oxime groups is 1. The van der Waals surface area contributed by atoms with Crippen molar-refractivity contribution in [3.63, 3.8) is 0 Å². The van der Waals surface area contributed by atoms with Gasteiger partial charge in [0.1, 0.15) is 18.8 Å². The summed E-state index contributed by atoms with van der Waals surface area (Å²) in [5.74, 6) is -0.493. The van der Waals surface area contributed by atoms with E-state index in [1.165, 1.54) is 19.1 Å². The zero-order valence-electron chi connectivity index (χ0n) is 11.9. The van der Waals surface area contributed by atoms with Crippen LogP contribution in [0.3, 0.4) is 0 Å². The number of hydrogen-bond donors (Lipinski definition) is 0. The molecule has 0 N–H and O–H groups in total. The molecule has 0 spiro atoms. The molecule has 1 heterocycles. The molecule has 1 aliphatic heterocycles. The Hall–Kier alpha value is -1.79. The summed E-state index contributed by atoms with van der Waals surface area (Å²) in [5, 5.41) is 3.78. The van der Waals surface area contributed by atoms with E-state index in [9.17, 15) is 9.59 Å². The van der Waals surface area contributed by atoms with Crippen LogP contribution < -0.4 is 0 Å². The number of likely N-dealkylation sites (tertiary alicyclic amines) is 1. The molecule has 108 valence electrons. The Morgan fingerprint density at radius 2 is 1.95 bits per heavy atom. The minimum absolute atomic E-state index is 0.197. The van der Waals surface area contributed by atoms with Gasteiger partial charge < -0.3 is 14.3 Å². The van der Waals surface area contributed by atoms with Crippen LogP contribution in [0, 0.1) is 0 Å². The second kappa shape index (κ2) is 5.90. The predicted molar refractivity (Wildman–Crippen MR) is 67.8 cm³/mol. The number of carbonyl (C=O) groups excluding carboxylic acids is 2. The number of esters is 1. The zero-order chi connectivity index (χ0) is 14.6. The molecule has 7 nitrogen and oxygen atoms in total. The second-order valence-corrected chi connectivity index (χ2v) is 5.19. The van der Waals surface area contributed by atoms with Crippen LogP contribution in [0.1, 0.15) is 27.2 Å². The lowest BCUT2D eigenvalue weighted by molar-refractivity contribution is -0.145. The molecule has 0 aliphatic carbocycles. The number of carbonyl (C=O) groups is 2. The van der Waals surface area contributed by atoms with E-state index in [4.69, 9.17) is 4.74 Å². The first-order valence-electron chi connectivity index (χ1n) is 5.95. The molecular formula is C12H20N2O5. The largest absolute Gasteiger partial charge is 0.467 e. The topological polar surface area (TPSA) is 77.4 Å². The van der Waals surface area contributed by atoms with Gasteiger partial charge in [0.25, 0.3) is 0 Å². The van der Waals surface area contributed by atoms with E-state index in [1.54, 1.807) is 20.8 Å². The Morgan fingerprint density at radius 3 is 2.42 bits per heavy atom. The predicted octanol–water partition coefficient (Wildman–Crippen LogP) is 1.17. The number of nitrogens with zero attached hydrogens (tertiary/aromatic N) is 2. The molecule has 0 aromatic heterocycles. The van der Waals surface area contributed by atoms with Gasteiger partial charge in [0, 0.05) is 6.42 Å². The fraction of sp³-hybridized carbons (Fsp3) is 0.750. The molecule has 0 aromatic carbocycles. The molecule has 1 saturated heterocycles. The Balaban J connectivity index is 2.86. The normalized spacial score (nSPS) is 21.4. The first-order chi connectivity index (χ1) is 8.78. The van der Waals surface area contributed by atoms with Gasteiger partial charge in [-0.25, -0.2) is 9.59 Å². The van der Waals surface area contributed by atoms with Crippen LogP contribution in [0.25, 0.3) is 0 Å². The molecule has 1 rings (SSSR count). The molecule has 7 heteroatoms. The number of hydrogen-bond acceptors (Lipinski definition) is 6. The zero-order valence-corrected chi connectivity index (χ0v) is 11.9. The molecule has 0 bridgehead atoms. The number of rotatable bonds is 2. The SMILES string of the molecule is CO/N=C1\CC(C(=O)OC)N(C(=O)OC(C)(C)C)C1. The van der Waals surface area contributed by atoms with Crippen molar-refractivity contribution >= 4 is 17.8 Å². The second-order valence-electron chi connectivity index (χ2n) is 5.19. The molecule has 0 saturated carbocycles. The van der Waals surface area contributed by atoms with Crippen molar-refractivity contribution in [2.75, 3.05) is 20.8 Å². The van der Waals surface area contributed by atoms with Gasteiger partial charge in [-0.3, -0.25) is 4.90 Å². The van der Waals surface area contributed by atoms with Crippen LogP contribution in [0.4, 0.5) is 4.79 Å². The average molecular weight is 272 g/mol. The van der Waals surface area contributed by atoms with Crippen LogP contribution in [0.5, 0.6) is 0 Å². The summed E-state index contributed by atoms with van der Waals surface area (Å²) in [4.78, 5) is 29.7. The van der Waals surface area contributed by atoms with Crippen molar-refractivity contribution in [3.05, 3.63) is 0 Å². The molecule has 1 aliphatic rings. The minimum Gasteiger partial charge on any atom is -0.467 e. The monoisotopic (exact) mass is 272 g/mol. The number of methoxy groups -OCH3 is 1. The lowest BCUT2D eigenvalue weighted by Gasteiger charge is -2.26. The highest BCUT2D eigenvalue weighted by Crippen LogP contribution is 2.20. The maximum atomic E-state index is 12.0. The van der Waals surface area contributed by atoms with Gasteiger partial charge in [-0.15, -0.1) is 0 Å². The molecule has 19 heavy (non-hydrogen) atoms. The van der Waals surface area contributed by atoms with Crippen molar-refractivity contribution in [2.24, 2.45) is 5.16 Å². The third-order valence-corrected chi connectivity index (χ3v) is 2.48. The van der Waals surface area contributed by atoms with E-state index in [-0.39, 0.29) is 6.54 Å². The van der Waals surface area contributed by atoms with Crippen molar-refractivity contribution < 1.29 is 23.9 Å². The van der Waals surface area contributed by atoms with Gasteiger partial charge in [0.2, 0.25) is 0 Å². The molecule has 1 atom stereocenters. The summed E-state index contributed by atoms with van der Waals surface area (Å²) in [6, 6.07) is -0.714. The first-order valence-corrected chi connectivity index (χ1v) is 5.95. The summed E-state index contributed by atoms with van der Waals surface area (Å²) in [7, 11) is 2.69. The van der Waals surface area contributed by atoms with Gasteiger partial charge in [0.15, 0.2) is 0 Å². The third kappa shape index (κ3) is 4.11. The molecule has 0 aromatic rings. The Labute approximate surface area is 112 Å². The van der Waals surface area contributed by atoms with Crippen molar-refractivity contribution in [1.82, 2.24) is 4.90 Å². The average Bonchev–Trinajstić information content (AvgIpc) is 2.70. The highest BCUT2D eigenvalue weighted by molar-refractivity contribution is 5.98. The molecule has 0 radical (unpaired) electrons. The third-order valence-electron chi connectivity index (χ3n) is 2.48. The maximum Gasteiger partial charge on any atom is 0.411 e. The summed E-state index contributed by atoms with van der Waals surface area (Å²) in [6.45, 7) is 5.48. The van der Waals surface area contributed by atoms with E-state index in [0.29, 0.717) is 12.1 Å². The van der Waals surface area contributed by atoms with E-state index < -0.39 is 23.7 Å². The smallest absolute Gasteiger partial charge is 0.411 e. The van der Waals surface area contributed by atoms with Gasteiger partial charge in [0.05, 0.1) is 19.4 Å². The van der Waals surface area contributed by atoms with Gasteiger partial charge in [-0.2, -0.15) is 0 Å². The van der Waals surface area contributed by atoms with Crippen molar-refractivity contribution in [2.45, 2.75) is 38.8 Å². The summed E-state index contributed by atoms with van der Waals surface area (Å²) in [6.07, 6.45) is -0.274. The Bertz CT molecular complexity index is 386. The number of amides is 1. The van der Waals surface area contributed by atoms with Crippen molar-refractivity contribution in [3.8, 4) is 0 Å². The van der Waals surface area contributed by atoms with E-state index >= 15 is 0 Å². The summed E-state index contributed by atoms with van der Waals surface area (Å²) >= 11 is 0. The fourth-order valence-electron chi connectivity index (χ4n) is 1.76. The maximum absolute atomic E-state index is 12.0. The van der Waals surface area contributed by atoms with Crippen LogP contribution in [0.2, 0.25) is 0 Å². The molecule has 1 amide bonds. The highest BCUT2D eigenvalue weighted by atomic mass is 16.6. The van der Waals surface area contributed by atoms with Crippen LogP contribution >= 0.6 is 0 Å². The van der Waals surface area contributed by atoms with Gasteiger partial charge in [-0.1, -0.05) is 5.16 Å². The van der Waals surface area contributed by atoms with Crippen LogP contribution in [-0.4, -0.2) is 55.1 Å². The van der Waals surface area contributed by atoms with E-state index in [2.05, 4.69) is 14.7 Å². The quantitative estimate of drug-likeness (QED) is 0.557. The standard InChI is InChI=1S/C12H20N2O5/c1-12(2,3)19-11(16)14-7-8(13-18-5)6-9(14)10(15)17-4/h9H,6-7H2,1-5H3/b13-8+. The summed E-state index contributed by atoms with van der Waals surface area (Å²) in [5.41, 5.74) is -0.0254. The molecule has 1 unspecified atom stereocenters. The van der Waals surface area contributed by atoms with Crippen molar-refractivity contribution in [1.29, 1.82) is 0 Å². The summed E-state index contributed by atoms with van der Waals surface area (Å²) < 4.78 is 9.94. The van der Waals surface area contributed by atoms with Gasteiger partial charge in [-0.05, 0) is 20.8 Å². The van der Waals surface area contributed by atoms with Crippen LogP contribution in [0.15, 0.2) is 5.16 Å². The Morgan fingerprint density at radius 1 is 1.32 bits per heavy atom. The lowest BCUT2D eigenvalue weighted by Crippen LogP contribution is -2.43. The van der Waals surface area contributed by atoms with E-state index in [0.717, 1.165) is 0 Å². The van der Waals surface area contributed by atoms with Crippen LogP contribution in [-0.2, 0) is 19.1 Å². The Kier molecular flexibility index (Phi) is 4.74. The number of ether oxygens (including phenoxy) is 2. The fourth-order valence-corrected chi connectivity index (χ4v) is 1.76. The van der Waals surface area contributed by atoms with E-state index in [1.807, 2.05) is 0 Å². The lowest BCUT2D eigenvalue weighted by atomic mass is 10.2.